The maximum atomic E-state index is 13.5. The van der Waals surface area contributed by atoms with Gasteiger partial charge in [0.25, 0.3) is 0 Å². The number of morpholine rings is 1. The van der Waals surface area contributed by atoms with Crippen LogP contribution < -0.4 is 0 Å². The molecular weight excluding hydrogens is 240 g/mol. The van der Waals surface area contributed by atoms with Crippen LogP contribution in [0.15, 0.2) is 18.2 Å². The van der Waals surface area contributed by atoms with Crippen LogP contribution in [0.2, 0.25) is 0 Å². The lowest BCUT2D eigenvalue weighted by Gasteiger charge is -2.36. The third-order valence-corrected chi connectivity index (χ3v) is 3.01. The van der Waals surface area contributed by atoms with Gasteiger partial charge in [-0.1, -0.05) is 6.07 Å². The normalized spacial score (nSPS) is 25.3. The van der Waals surface area contributed by atoms with Crippen LogP contribution in [-0.4, -0.2) is 41.9 Å². The molecule has 1 aromatic carbocycles. The van der Waals surface area contributed by atoms with E-state index in [1.807, 2.05) is 11.8 Å². The van der Waals surface area contributed by atoms with Gasteiger partial charge in [-0.25, -0.2) is 8.78 Å². The summed E-state index contributed by atoms with van der Waals surface area (Å²) in [7, 11) is 0. The average Bonchev–Trinajstić information content (AvgIpc) is 2.32. The van der Waals surface area contributed by atoms with Crippen molar-refractivity contribution in [3.63, 3.8) is 0 Å². The van der Waals surface area contributed by atoms with Crippen molar-refractivity contribution in [3.8, 4) is 0 Å². The first-order valence-electron chi connectivity index (χ1n) is 6.01. The number of rotatable bonds is 3. The molecule has 18 heavy (non-hydrogen) atoms. The highest BCUT2D eigenvalue weighted by molar-refractivity contribution is 5.18. The summed E-state index contributed by atoms with van der Waals surface area (Å²) < 4.78 is 31.8. The quantitative estimate of drug-likeness (QED) is 0.891. The van der Waals surface area contributed by atoms with Crippen molar-refractivity contribution in [1.29, 1.82) is 0 Å². The van der Waals surface area contributed by atoms with Gasteiger partial charge in [-0.3, -0.25) is 4.90 Å². The molecular formula is C13H17F2NO2. The van der Waals surface area contributed by atoms with Gasteiger partial charge in [0.05, 0.1) is 18.8 Å². The van der Waals surface area contributed by atoms with Crippen molar-refractivity contribution in [2.24, 2.45) is 0 Å². The number of halogens is 2. The van der Waals surface area contributed by atoms with Crippen LogP contribution in [0.5, 0.6) is 0 Å². The predicted octanol–water partition coefficient (Wildman–Crippen LogP) is 1.55. The highest BCUT2D eigenvalue weighted by Gasteiger charge is 2.25. The fraction of sp³-hybridized carbons (Fsp3) is 0.538. The topological polar surface area (TPSA) is 32.7 Å². The molecule has 1 heterocycles. The Hall–Kier alpha value is -1.04. The third kappa shape index (κ3) is 3.25. The zero-order valence-corrected chi connectivity index (χ0v) is 10.3. The Morgan fingerprint density at radius 1 is 1.39 bits per heavy atom. The van der Waals surface area contributed by atoms with Crippen molar-refractivity contribution in [2.45, 2.75) is 25.7 Å². The Morgan fingerprint density at radius 3 is 2.83 bits per heavy atom. The predicted molar refractivity (Wildman–Crippen MR) is 63.1 cm³/mol. The standard InChI is InChI=1S/C13H17F2NO2/c1-9-5-16(7-12(8-17)18-9)6-10-2-3-11(14)4-13(10)15/h2-4,9,12,17H,5-8H2,1H3. The summed E-state index contributed by atoms with van der Waals surface area (Å²) in [6, 6.07) is 3.60. The highest BCUT2D eigenvalue weighted by Crippen LogP contribution is 2.16. The minimum absolute atomic E-state index is 0.000547. The Balaban J connectivity index is 2.04. The molecule has 0 amide bonds. The van der Waals surface area contributed by atoms with E-state index in [1.54, 1.807) is 0 Å². The molecule has 1 saturated heterocycles. The zero-order chi connectivity index (χ0) is 13.1. The first-order chi connectivity index (χ1) is 8.58. The molecule has 1 N–H and O–H groups in total. The van der Waals surface area contributed by atoms with E-state index in [9.17, 15) is 8.78 Å². The van der Waals surface area contributed by atoms with Gasteiger partial charge in [0.2, 0.25) is 0 Å². The number of hydrogen-bond acceptors (Lipinski definition) is 3. The molecule has 0 saturated carbocycles. The number of hydrogen-bond donors (Lipinski definition) is 1. The van der Waals surface area contributed by atoms with E-state index in [0.29, 0.717) is 25.2 Å². The van der Waals surface area contributed by atoms with Crippen molar-refractivity contribution in [3.05, 3.63) is 35.4 Å². The van der Waals surface area contributed by atoms with Gasteiger partial charge in [-0.05, 0) is 13.0 Å². The van der Waals surface area contributed by atoms with Gasteiger partial charge in [-0.15, -0.1) is 0 Å². The van der Waals surface area contributed by atoms with E-state index < -0.39 is 11.6 Å². The molecule has 3 nitrogen and oxygen atoms in total. The zero-order valence-electron chi connectivity index (χ0n) is 10.3. The summed E-state index contributed by atoms with van der Waals surface area (Å²) in [5.41, 5.74) is 0.460. The summed E-state index contributed by atoms with van der Waals surface area (Å²) in [5.74, 6) is -1.10. The monoisotopic (exact) mass is 257 g/mol. The average molecular weight is 257 g/mol. The number of benzene rings is 1. The molecule has 2 rings (SSSR count). The molecule has 2 atom stereocenters. The lowest BCUT2D eigenvalue weighted by molar-refractivity contribution is -0.0974. The van der Waals surface area contributed by atoms with Gasteiger partial charge >= 0.3 is 0 Å². The minimum Gasteiger partial charge on any atom is -0.394 e. The Bertz CT molecular complexity index is 414. The molecule has 1 aliphatic heterocycles. The Morgan fingerprint density at radius 2 is 2.17 bits per heavy atom. The van der Waals surface area contributed by atoms with Crippen molar-refractivity contribution >= 4 is 0 Å². The highest BCUT2D eigenvalue weighted by atomic mass is 19.1. The summed E-state index contributed by atoms with van der Waals surface area (Å²) in [6.45, 7) is 3.49. The Labute approximate surface area is 105 Å². The van der Waals surface area contributed by atoms with Gasteiger partial charge < -0.3 is 9.84 Å². The maximum absolute atomic E-state index is 13.5. The molecule has 0 aliphatic carbocycles. The van der Waals surface area contributed by atoms with E-state index in [2.05, 4.69) is 0 Å². The van der Waals surface area contributed by atoms with Crippen molar-refractivity contribution in [2.75, 3.05) is 19.7 Å². The SMILES string of the molecule is CC1CN(Cc2ccc(F)cc2F)CC(CO)O1. The first kappa shape index (κ1) is 13.4. The fourth-order valence-electron chi connectivity index (χ4n) is 2.26. The van der Waals surface area contributed by atoms with E-state index in [0.717, 1.165) is 6.07 Å². The molecule has 100 valence electrons. The van der Waals surface area contributed by atoms with Crippen molar-refractivity contribution < 1.29 is 18.6 Å². The number of aliphatic hydroxyl groups excluding tert-OH is 1. The second kappa shape index (κ2) is 5.73. The van der Waals surface area contributed by atoms with Gasteiger partial charge in [0.1, 0.15) is 11.6 Å². The van der Waals surface area contributed by atoms with Crippen LogP contribution in [0.3, 0.4) is 0 Å². The van der Waals surface area contributed by atoms with E-state index in [1.165, 1.54) is 12.1 Å². The van der Waals surface area contributed by atoms with E-state index >= 15 is 0 Å². The Kier molecular flexibility index (Phi) is 4.27. The minimum atomic E-state index is -0.570. The molecule has 5 heteroatoms. The number of ether oxygens (including phenoxy) is 1. The van der Waals surface area contributed by atoms with Crippen molar-refractivity contribution in [1.82, 2.24) is 4.90 Å². The summed E-state index contributed by atoms with van der Waals surface area (Å²) >= 11 is 0. The molecule has 1 aromatic rings. The number of aliphatic hydroxyl groups is 1. The van der Waals surface area contributed by atoms with Gasteiger partial charge in [-0.2, -0.15) is 0 Å². The third-order valence-electron chi connectivity index (χ3n) is 3.01. The van der Waals surface area contributed by atoms with Crippen LogP contribution in [0.1, 0.15) is 12.5 Å². The largest absolute Gasteiger partial charge is 0.394 e. The molecule has 0 radical (unpaired) electrons. The summed E-state index contributed by atoms with van der Waals surface area (Å²) in [6.07, 6.45) is -0.239. The van der Waals surface area contributed by atoms with Crippen LogP contribution >= 0.6 is 0 Å². The van der Waals surface area contributed by atoms with Crippen LogP contribution in [0.25, 0.3) is 0 Å². The number of nitrogens with zero attached hydrogens (tertiary/aromatic N) is 1. The lowest BCUT2D eigenvalue weighted by atomic mass is 10.1. The molecule has 1 aliphatic rings. The maximum Gasteiger partial charge on any atom is 0.130 e. The van der Waals surface area contributed by atoms with E-state index in [4.69, 9.17) is 9.84 Å². The molecule has 2 unspecified atom stereocenters. The molecule has 1 fully saturated rings. The molecule has 0 bridgehead atoms. The smallest absolute Gasteiger partial charge is 0.130 e. The second-order valence-corrected chi connectivity index (χ2v) is 4.68. The van der Waals surface area contributed by atoms with Crippen LogP contribution in [0.4, 0.5) is 8.78 Å². The molecule has 0 spiro atoms. The molecule has 0 aromatic heterocycles. The summed E-state index contributed by atoms with van der Waals surface area (Å²) in [5, 5.41) is 9.11. The van der Waals surface area contributed by atoms with E-state index in [-0.39, 0.29) is 18.8 Å². The lowest BCUT2D eigenvalue weighted by Crippen LogP contribution is -2.47. The van der Waals surface area contributed by atoms with Crippen LogP contribution in [-0.2, 0) is 11.3 Å². The van der Waals surface area contributed by atoms with Gasteiger partial charge in [0, 0.05) is 31.3 Å². The fourth-order valence-corrected chi connectivity index (χ4v) is 2.26. The first-order valence-corrected chi connectivity index (χ1v) is 6.01. The second-order valence-electron chi connectivity index (χ2n) is 4.68. The van der Waals surface area contributed by atoms with Gasteiger partial charge in [0.15, 0.2) is 0 Å². The summed E-state index contributed by atoms with van der Waals surface area (Å²) in [4.78, 5) is 2.01. The van der Waals surface area contributed by atoms with Crippen LogP contribution in [0, 0.1) is 11.6 Å².